The lowest BCUT2D eigenvalue weighted by Crippen LogP contribution is -2.42. The predicted octanol–water partition coefficient (Wildman–Crippen LogP) is -0.0949. The van der Waals surface area contributed by atoms with Crippen LogP contribution < -0.4 is 16.0 Å². The first kappa shape index (κ1) is 14.2. The fourth-order valence-electron chi connectivity index (χ4n) is 1.63. The molecule has 9 heteroatoms. The normalized spacial score (nSPS) is 9.95. The number of aromatic amines is 1. The molecule has 1 aromatic heterocycles. The summed E-state index contributed by atoms with van der Waals surface area (Å²) < 4.78 is 0. The second-order valence-corrected chi connectivity index (χ2v) is 4.04. The lowest BCUT2D eigenvalue weighted by molar-refractivity contribution is -0.136. The number of nitrogens with one attached hydrogen (secondary N) is 2. The molecule has 0 saturated carbocycles. The Morgan fingerprint density at radius 1 is 1.33 bits per heavy atom. The van der Waals surface area contributed by atoms with Crippen molar-refractivity contribution < 1.29 is 14.4 Å². The Balaban J connectivity index is 2.24. The van der Waals surface area contributed by atoms with Gasteiger partial charge in [-0.3, -0.25) is 19.7 Å². The summed E-state index contributed by atoms with van der Waals surface area (Å²) in [5.74, 6) is -2.68. The number of rotatable bonds is 2. The van der Waals surface area contributed by atoms with Crippen LogP contribution in [0.25, 0.3) is 0 Å². The molecule has 2 rings (SSSR count). The van der Waals surface area contributed by atoms with Crippen LogP contribution in [0.5, 0.6) is 0 Å². The summed E-state index contributed by atoms with van der Waals surface area (Å²) >= 11 is 0. The quantitative estimate of drug-likeness (QED) is 0.522. The minimum absolute atomic E-state index is 0.00410. The Labute approximate surface area is 119 Å². The first-order valence-corrected chi connectivity index (χ1v) is 5.86. The zero-order valence-electron chi connectivity index (χ0n) is 11.0. The summed E-state index contributed by atoms with van der Waals surface area (Å²) in [6.07, 6.45) is 1.17. The van der Waals surface area contributed by atoms with Crippen molar-refractivity contribution in [1.82, 2.24) is 15.2 Å². The van der Waals surface area contributed by atoms with Crippen molar-refractivity contribution >= 4 is 35.0 Å². The SMILES string of the molecule is CC(=O)N(C(=O)C(=O)Nc1ncn[nH]1)c1cccc(N)c1. The zero-order valence-corrected chi connectivity index (χ0v) is 11.0. The summed E-state index contributed by atoms with van der Waals surface area (Å²) in [4.78, 5) is 40.0. The van der Waals surface area contributed by atoms with Gasteiger partial charge in [-0.1, -0.05) is 6.07 Å². The molecule has 108 valence electrons. The predicted molar refractivity (Wildman–Crippen MR) is 74.0 cm³/mol. The first-order chi connectivity index (χ1) is 9.99. The van der Waals surface area contributed by atoms with Crippen LogP contribution in [0.2, 0.25) is 0 Å². The number of amides is 3. The number of hydrogen-bond donors (Lipinski definition) is 3. The second-order valence-electron chi connectivity index (χ2n) is 4.04. The average molecular weight is 288 g/mol. The van der Waals surface area contributed by atoms with Gasteiger partial charge in [0.05, 0.1) is 5.69 Å². The van der Waals surface area contributed by atoms with E-state index in [1.165, 1.54) is 25.4 Å². The maximum Gasteiger partial charge on any atom is 0.323 e. The van der Waals surface area contributed by atoms with Crippen molar-refractivity contribution in [3.63, 3.8) is 0 Å². The van der Waals surface area contributed by atoms with Crippen molar-refractivity contribution in [2.75, 3.05) is 16.0 Å². The van der Waals surface area contributed by atoms with Gasteiger partial charge in [0.1, 0.15) is 6.33 Å². The molecule has 2 aromatic rings. The van der Waals surface area contributed by atoms with Gasteiger partial charge in [0.2, 0.25) is 11.9 Å². The number of carbonyl (C=O) groups excluding carboxylic acids is 3. The van der Waals surface area contributed by atoms with E-state index in [2.05, 4.69) is 20.5 Å². The Hall–Kier alpha value is -3.23. The van der Waals surface area contributed by atoms with E-state index in [4.69, 9.17) is 5.73 Å². The van der Waals surface area contributed by atoms with E-state index in [0.29, 0.717) is 5.69 Å². The number of hydrogen-bond acceptors (Lipinski definition) is 6. The highest BCUT2D eigenvalue weighted by atomic mass is 16.2. The van der Waals surface area contributed by atoms with Gasteiger partial charge in [-0.2, -0.15) is 10.1 Å². The van der Waals surface area contributed by atoms with E-state index in [0.717, 1.165) is 4.90 Å². The molecule has 1 aromatic carbocycles. The first-order valence-electron chi connectivity index (χ1n) is 5.86. The van der Waals surface area contributed by atoms with E-state index in [-0.39, 0.29) is 11.6 Å². The summed E-state index contributed by atoms with van der Waals surface area (Å²) in [7, 11) is 0. The van der Waals surface area contributed by atoms with Gasteiger partial charge in [-0.05, 0) is 18.2 Å². The number of carbonyl (C=O) groups is 3. The van der Waals surface area contributed by atoms with Gasteiger partial charge >= 0.3 is 11.8 Å². The van der Waals surface area contributed by atoms with Crippen molar-refractivity contribution in [3.05, 3.63) is 30.6 Å². The van der Waals surface area contributed by atoms with Gasteiger partial charge in [0, 0.05) is 12.6 Å². The molecule has 1 heterocycles. The Kier molecular flexibility index (Phi) is 3.93. The molecule has 4 N–H and O–H groups in total. The minimum Gasteiger partial charge on any atom is -0.399 e. The molecule has 0 atom stereocenters. The molecule has 0 unspecified atom stereocenters. The molecule has 0 saturated heterocycles. The number of nitrogens with two attached hydrogens (primary N) is 1. The summed E-state index contributed by atoms with van der Waals surface area (Å²) in [5, 5.41) is 8.09. The Morgan fingerprint density at radius 3 is 2.67 bits per heavy atom. The smallest absolute Gasteiger partial charge is 0.323 e. The van der Waals surface area contributed by atoms with Crippen LogP contribution in [0.4, 0.5) is 17.3 Å². The molecule has 0 radical (unpaired) electrons. The zero-order chi connectivity index (χ0) is 15.4. The summed E-state index contributed by atoms with van der Waals surface area (Å²) in [6, 6.07) is 6.08. The largest absolute Gasteiger partial charge is 0.399 e. The van der Waals surface area contributed by atoms with E-state index in [1.807, 2.05) is 0 Å². The molecule has 0 spiro atoms. The van der Waals surface area contributed by atoms with Crippen LogP contribution in [0.1, 0.15) is 6.92 Å². The fourth-order valence-corrected chi connectivity index (χ4v) is 1.63. The van der Waals surface area contributed by atoms with Gasteiger partial charge in [-0.15, -0.1) is 0 Å². The number of imide groups is 1. The number of benzene rings is 1. The van der Waals surface area contributed by atoms with Crippen LogP contribution in [0, 0.1) is 0 Å². The van der Waals surface area contributed by atoms with Crippen LogP contribution in [-0.2, 0) is 14.4 Å². The third-order valence-corrected chi connectivity index (χ3v) is 2.49. The average Bonchev–Trinajstić information content (AvgIpc) is 2.91. The van der Waals surface area contributed by atoms with E-state index in [1.54, 1.807) is 12.1 Å². The second kappa shape index (κ2) is 5.82. The van der Waals surface area contributed by atoms with Crippen LogP contribution in [-0.4, -0.2) is 32.9 Å². The maximum atomic E-state index is 12.1. The van der Waals surface area contributed by atoms with Crippen molar-refractivity contribution in [1.29, 1.82) is 0 Å². The number of aromatic nitrogens is 3. The standard InChI is InChI=1S/C12H12N6O3/c1-7(19)18(9-4-2-3-8(13)5-9)11(21)10(20)16-12-14-6-15-17-12/h2-6H,13H2,1H3,(H2,14,15,16,17,20). The third-order valence-electron chi connectivity index (χ3n) is 2.49. The van der Waals surface area contributed by atoms with E-state index in [9.17, 15) is 14.4 Å². The molecule has 0 aliphatic carbocycles. The minimum atomic E-state index is -1.05. The maximum absolute atomic E-state index is 12.1. The molecule has 0 aliphatic heterocycles. The van der Waals surface area contributed by atoms with Crippen LogP contribution >= 0.6 is 0 Å². The van der Waals surface area contributed by atoms with Gasteiger partial charge in [0.15, 0.2) is 0 Å². The lowest BCUT2D eigenvalue weighted by atomic mass is 10.2. The van der Waals surface area contributed by atoms with Gasteiger partial charge in [0.25, 0.3) is 0 Å². The van der Waals surface area contributed by atoms with Gasteiger partial charge < -0.3 is 5.73 Å². The highest BCUT2D eigenvalue weighted by Crippen LogP contribution is 2.18. The van der Waals surface area contributed by atoms with Crippen molar-refractivity contribution in [2.45, 2.75) is 6.92 Å². The molecule has 0 bridgehead atoms. The third kappa shape index (κ3) is 3.21. The van der Waals surface area contributed by atoms with E-state index >= 15 is 0 Å². The molecular weight excluding hydrogens is 276 g/mol. The Morgan fingerprint density at radius 2 is 2.10 bits per heavy atom. The van der Waals surface area contributed by atoms with Crippen molar-refractivity contribution in [3.8, 4) is 0 Å². The van der Waals surface area contributed by atoms with Crippen LogP contribution in [0.3, 0.4) is 0 Å². The topological polar surface area (TPSA) is 134 Å². The molecule has 0 fully saturated rings. The van der Waals surface area contributed by atoms with Crippen LogP contribution in [0.15, 0.2) is 30.6 Å². The molecule has 0 aliphatic rings. The molecule has 9 nitrogen and oxygen atoms in total. The highest BCUT2D eigenvalue weighted by Gasteiger charge is 2.27. The van der Waals surface area contributed by atoms with Crippen molar-refractivity contribution in [2.24, 2.45) is 0 Å². The van der Waals surface area contributed by atoms with E-state index < -0.39 is 17.7 Å². The Bertz CT molecular complexity index is 682. The number of anilines is 3. The molecule has 21 heavy (non-hydrogen) atoms. The summed E-state index contributed by atoms with van der Waals surface area (Å²) in [5.41, 5.74) is 6.18. The molecular formula is C12H12N6O3. The molecule has 3 amide bonds. The number of nitrogens with zero attached hydrogens (tertiary/aromatic N) is 3. The number of H-pyrrole nitrogens is 1. The monoisotopic (exact) mass is 288 g/mol. The number of nitrogen functional groups attached to an aromatic ring is 1. The lowest BCUT2D eigenvalue weighted by Gasteiger charge is -2.18. The summed E-state index contributed by atoms with van der Waals surface area (Å²) in [6.45, 7) is 1.17. The highest BCUT2D eigenvalue weighted by molar-refractivity contribution is 6.48. The fraction of sp³-hybridized carbons (Fsp3) is 0.0833. The van der Waals surface area contributed by atoms with Gasteiger partial charge in [-0.25, -0.2) is 10.00 Å².